The van der Waals surface area contributed by atoms with Crippen LogP contribution in [0.2, 0.25) is 0 Å². The minimum Gasteiger partial charge on any atom is -0.458 e. The quantitative estimate of drug-likeness (QED) is 0.287. The number of carbonyl (C=O) groups excluding carboxylic acids is 1. The molecule has 4 aliphatic carbocycles. The van der Waals surface area contributed by atoms with Crippen molar-refractivity contribution in [1.29, 1.82) is 0 Å². The van der Waals surface area contributed by atoms with Crippen molar-refractivity contribution in [1.82, 2.24) is 0 Å². The van der Waals surface area contributed by atoms with Crippen LogP contribution in [0.15, 0.2) is 70.0 Å². The second kappa shape index (κ2) is 10.6. The molecular formula is C35H46O3S. The molecule has 0 spiro atoms. The zero-order chi connectivity index (χ0) is 27.4. The maximum atomic E-state index is 13.3. The molecule has 3 nitrogen and oxygen atoms in total. The van der Waals surface area contributed by atoms with Crippen molar-refractivity contribution in [3.05, 3.63) is 65.1 Å². The van der Waals surface area contributed by atoms with Gasteiger partial charge in [-0.3, -0.25) is 0 Å². The Morgan fingerprint density at radius 3 is 2.67 bits per heavy atom. The largest absolute Gasteiger partial charge is 0.458 e. The normalized spacial score (nSPS) is 40.6. The predicted octanol–water partition coefficient (Wildman–Crippen LogP) is 8.50. The number of hydrogen-bond donors (Lipinski definition) is 1. The van der Waals surface area contributed by atoms with Crippen LogP contribution in [0, 0.1) is 40.4 Å². The van der Waals surface area contributed by atoms with Gasteiger partial charge in [0.25, 0.3) is 0 Å². The van der Waals surface area contributed by atoms with Gasteiger partial charge in [0.1, 0.15) is 6.10 Å². The van der Waals surface area contributed by atoms with E-state index in [9.17, 15) is 9.90 Å². The Morgan fingerprint density at radius 1 is 1.10 bits per heavy atom. The molecule has 0 saturated heterocycles. The first kappa shape index (κ1) is 27.4. The van der Waals surface area contributed by atoms with E-state index in [-0.39, 0.29) is 23.6 Å². The number of benzene rings is 1. The van der Waals surface area contributed by atoms with Gasteiger partial charge in [0.15, 0.2) is 0 Å². The fraction of sp³-hybridized carbons (Fsp3) is 0.629. The number of hydrogen-bond acceptors (Lipinski definition) is 4. The summed E-state index contributed by atoms with van der Waals surface area (Å²) in [5, 5.41) is 10.3. The van der Waals surface area contributed by atoms with Crippen molar-refractivity contribution in [3.8, 4) is 0 Å². The number of thioether (sulfide) groups is 1. The van der Waals surface area contributed by atoms with Gasteiger partial charge in [-0.25, -0.2) is 4.79 Å². The first-order chi connectivity index (χ1) is 18.7. The second-order valence-electron chi connectivity index (χ2n) is 13.7. The lowest BCUT2D eigenvalue weighted by atomic mass is 9.47. The van der Waals surface area contributed by atoms with Gasteiger partial charge in [-0.15, -0.1) is 6.58 Å². The zero-order valence-electron chi connectivity index (χ0n) is 24.0. The molecule has 1 heterocycles. The highest BCUT2D eigenvalue weighted by atomic mass is 32.2. The summed E-state index contributed by atoms with van der Waals surface area (Å²) in [6.45, 7) is 11.4. The van der Waals surface area contributed by atoms with Crippen LogP contribution in [0.3, 0.4) is 0 Å². The highest BCUT2D eigenvalue weighted by molar-refractivity contribution is 8.03. The van der Waals surface area contributed by atoms with Crippen LogP contribution in [0.25, 0.3) is 0 Å². The standard InChI is InChI=1S/C35H46O3S/c1-5-9-27-32(39-25-10-7-6-8-11-25)21-31(38-33(27)37)22(2)28-14-15-29-26-13-12-23-20-24(36)16-18-34(23,3)30(26)17-19-35(28,29)4/h5-8,10-12,22,24,26,28-31,36H,1,9,13-21H2,2-4H3/t22-,24-,26-,28+,29-,30-,31+,34-,35+/m0/s1. The Morgan fingerprint density at radius 2 is 1.90 bits per heavy atom. The Kier molecular flexibility index (Phi) is 7.42. The Balaban J connectivity index is 1.22. The van der Waals surface area contributed by atoms with E-state index < -0.39 is 0 Å². The number of allylic oxidation sites excluding steroid dienone is 2. The number of aliphatic hydroxyl groups is 1. The van der Waals surface area contributed by atoms with Crippen LogP contribution in [0.5, 0.6) is 0 Å². The van der Waals surface area contributed by atoms with Crippen LogP contribution in [0.4, 0.5) is 0 Å². The van der Waals surface area contributed by atoms with Crippen LogP contribution in [0.1, 0.15) is 85.0 Å². The Hall–Kier alpha value is -1.78. The monoisotopic (exact) mass is 546 g/mol. The Labute approximate surface area is 239 Å². The van der Waals surface area contributed by atoms with Crippen molar-refractivity contribution in [2.24, 2.45) is 40.4 Å². The fourth-order valence-corrected chi connectivity index (χ4v) is 11.0. The molecule has 4 heteroatoms. The molecule has 1 aliphatic heterocycles. The lowest BCUT2D eigenvalue weighted by molar-refractivity contribution is -0.151. The van der Waals surface area contributed by atoms with Crippen LogP contribution in [-0.2, 0) is 9.53 Å². The number of aliphatic hydroxyl groups excluding tert-OH is 1. The molecule has 39 heavy (non-hydrogen) atoms. The van der Waals surface area contributed by atoms with Gasteiger partial charge in [-0.05, 0) is 110 Å². The first-order valence-corrected chi connectivity index (χ1v) is 16.2. The maximum absolute atomic E-state index is 13.3. The third-order valence-corrected chi connectivity index (χ3v) is 13.1. The predicted molar refractivity (Wildman–Crippen MR) is 159 cm³/mol. The van der Waals surface area contributed by atoms with E-state index in [1.165, 1.54) is 37.0 Å². The summed E-state index contributed by atoms with van der Waals surface area (Å²) in [4.78, 5) is 15.6. The van der Waals surface area contributed by atoms with Crippen molar-refractivity contribution in [2.45, 2.75) is 102 Å². The van der Waals surface area contributed by atoms with Gasteiger partial charge in [0, 0.05) is 16.2 Å². The fourth-order valence-electron chi connectivity index (χ4n) is 9.84. The molecule has 9 atom stereocenters. The molecule has 6 rings (SSSR count). The number of rotatable bonds is 6. The molecule has 3 fully saturated rings. The van der Waals surface area contributed by atoms with Gasteiger partial charge in [0.2, 0.25) is 0 Å². The second-order valence-corrected chi connectivity index (χ2v) is 14.9. The van der Waals surface area contributed by atoms with Gasteiger partial charge < -0.3 is 9.84 Å². The number of fused-ring (bicyclic) bond motifs is 5. The summed E-state index contributed by atoms with van der Waals surface area (Å²) >= 11 is 1.73. The summed E-state index contributed by atoms with van der Waals surface area (Å²) in [7, 11) is 0. The van der Waals surface area contributed by atoms with Crippen molar-refractivity contribution in [3.63, 3.8) is 0 Å². The lowest BCUT2D eigenvalue weighted by Crippen LogP contribution is -2.51. The van der Waals surface area contributed by atoms with E-state index in [1.54, 1.807) is 17.3 Å². The third-order valence-electron chi connectivity index (χ3n) is 11.9. The summed E-state index contributed by atoms with van der Waals surface area (Å²) in [6.07, 6.45) is 14.8. The molecule has 1 aromatic carbocycles. The summed E-state index contributed by atoms with van der Waals surface area (Å²) in [5.41, 5.74) is 2.92. The zero-order valence-corrected chi connectivity index (χ0v) is 24.8. The molecule has 3 saturated carbocycles. The minimum absolute atomic E-state index is 0.0641. The Bertz CT molecular complexity index is 1170. The van der Waals surface area contributed by atoms with Gasteiger partial charge >= 0.3 is 5.97 Å². The van der Waals surface area contributed by atoms with E-state index in [0.717, 1.165) is 53.9 Å². The number of carbonyl (C=O) groups is 1. The topological polar surface area (TPSA) is 46.5 Å². The molecule has 1 aromatic rings. The number of esters is 1. The molecule has 0 bridgehead atoms. The highest BCUT2D eigenvalue weighted by Crippen LogP contribution is 2.67. The van der Waals surface area contributed by atoms with Crippen LogP contribution in [-0.4, -0.2) is 23.3 Å². The van der Waals surface area contributed by atoms with E-state index in [0.29, 0.717) is 23.7 Å². The van der Waals surface area contributed by atoms with Crippen molar-refractivity contribution < 1.29 is 14.6 Å². The van der Waals surface area contributed by atoms with Gasteiger partial charge in [-0.2, -0.15) is 0 Å². The van der Waals surface area contributed by atoms with E-state index in [1.807, 2.05) is 12.1 Å². The molecular weight excluding hydrogens is 500 g/mol. The smallest absolute Gasteiger partial charge is 0.335 e. The number of ether oxygens (including phenoxy) is 1. The lowest BCUT2D eigenvalue weighted by Gasteiger charge is -2.58. The molecule has 5 aliphatic rings. The average Bonchev–Trinajstić information content (AvgIpc) is 3.28. The van der Waals surface area contributed by atoms with E-state index in [4.69, 9.17) is 4.74 Å². The van der Waals surface area contributed by atoms with Crippen LogP contribution >= 0.6 is 11.8 Å². The SMILES string of the molecule is C=CCC1=C(Sc2ccccc2)C[C@H]([C@@H](C)[C@H]2CC[C@H]3[C@@H]4CC=C5C[C@@H](O)CC[C@]5(C)[C@H]4CC[C@]23C)OC1=O. The van der Waals surface area contributed by atoms with Crippen LogP contribution < -0.4 is 0 Å². The van der Waals surface area contributed by atoms with Gasteiger partial charge in [0.05, 0.1) is 11.7 Å². The maximum Gasteiger partial charge on any atom is 0.335 e. The summed E-state index contributed by atoms with van der Waals surface area (Å²) in [5.74, 6) is 3.03. The molecule has 0 aromatic heterocycles. The molecule has 0 radical (unpaired) electrons. The molecule has 210 valence electrons. The van der Waals surface area contributed by atoms with Gasteiger partial charge in [-0.1, -0.05) is 68.5 Å². The van der Waals surface area contributed by atoms with E-state index >= 15 is 0 Å². The molecule has 0 unspecified atom stereocenters. The van der Waals surface area contributed by atoms with Crippen molar-refractivity contribution >= 4 is 17.7 Å². The number of cyclic esters (lactones) is 1. The summed E-state index contributed by atoms with van der Waals surface area (Å²) < 4.78 is 6.23. The van der Waals surface area contributed by atoms with Crippen molar-refractivity contribution in [2.75, 3.05) is 0 Å². The summed E-state index contributed by atoms with van der Waals surface area (Å²) in [6, 6.07) is 10.4. The average molecular weight is 547 g/mol. The molecule has 0 amide bonds. The third kappa shape index (κ3) is 4.68. The molecule has 1 N–H and O–H groups in total. The minimum atomic E-state index is -0.143. The highest BCUT2D eigenvalue weighted by Gasteiger charge is 2.60. The first-order valence-electron chi connectivity index (χ1n) is 15.4. The van der Waals surface area contributed by atoms with E-state index in [2.05, 4.69) is 57.7 Å².